The lowest BCUT2D eigenvalue weighted by Crippen LogP contribution is -2.59. The topological polar surface area (TPSA) is 112 Å². The second kappa shape index (κ2) is 9.13. The van der Waals surface area contributed by atoms with Crippen molar-refractivity contribution in [2.45, 2.75) is 104 Å². The number of fused-ring (bicyclic) bond motifs is 5. The van der Waals surface area contributed by atoms with Crippen molar-refractivity contribution in [3.63, 3.8) is 0 Å². The number of carbonyl (C=O) groups is 2. The molecule has 0 saturated heterocycles. The summed E-state index contributed by atoms with van der Waals surface area (Å²) >= 11 is 0. The molecule has 10 atom stereocenters. The van der Waals surface area contributed by atoms with Gasteiger partial charge in [-0.2, -0.15) is 0 Å². The zero-order valence-electron chi connectivity index (χ0n) is 20.7. The summed E-state index contributed by atoms with van der Waals surface area (Å²) in [5, 5.41) is 13.2. The van der Waals surface area contributed by atoms with Crippen molar-refractivity contribution < 1.29 is 19.4 Å². The third-order valence-electron chi connectivity index (χ3n) is 10.7. The van der Waals surface area contributed by atoms with E-state index < -0.39 is 5.97 Å². The number of carboxylic acids is 1. The van der Waals surface area contributed by atoms with Crippen LogP contribution in [0.4, 0.5) is 0 Å². The van der Waals surface area contributed by atoms with Gasteiger partial charge in [0.25, 0.3) is 0 Å². The molecule has 4 aliphatic carbocycles. The van der Waals surface area contributed by atoms with E-state index in [1.165, 1.54) is 13.3 Å². The highest BCUT2D eigenvalue weighted by Gasteiger charge is 2.63. The highest BCUT2D eigenvalue weighted by molar-refractivity contribution is 5.66. The van der Waals surface area contributed by atoms with Crippen LogP contribution in [0.3, 0.4) is 0 Å². The van der Waals surface area contributed by atoms with Crippen molar-refractivity contribution >= 4 is 11.9 Å². The minimum atomic E-state index is -0.706. The first kappa shape index (κ1) is 24.4. The molecule has 0 aromatic carbocycles. The van der Waals surface area contributed by atoms with Crippen LogP contribution in [0.15, 0.2) is 5.11 Å². The van der Waals surface area contributed by atoms with Crippen LogP contribution in [0.25, 0.3) is 10.4 Å². The first-order valence-corrected chi connectivity index (χ1v) is 13.0. The van der Waals surface area contributed by atoms with Crippen LogP contribution in [0, 0.1) is 46.3 Å². The number of azide groups is 1. The van der Waals surface area contributed by atoms with E-state index in [4.69, 9.17) is 10.3 Å². The Hall–Kier alpha value is -1.75. The van der Waals surface area contributed by atoms with Crippen LogP contribution in [0.5, 0.6) is 0 Å². The molecule has 0 amide bonds. The Morgan fingerprint density at radius 3 is 2.48 bits per heavy atom. The molecule has 0 radical (unpaired) electrons. The van der Waals surface area contributed by atoms with E-state index in [-0.39, 0.29) is 35.4 Å². The molecule has 0 heterocycles. The van der Waals surface area contributed by atoms with E-state index in [0.29, 0.717) is 35.5 Å². The fourth-order valence-corrected chi connectivity index (χ4v) is 9.22. The zero-order valence-corrected chi connectivity index (χ0v) is 20.7. The van der Waals surface area contributed by atoms with Crippen LogP contribution < -0.4 is 0 Å². The van der Waals surface area contributed by atoms with Crippen molar-refractivity contribution in [1.82, 2.24) is 0 Å². The summed E-state index contributed by atoms with van der Waals surface area (Å²) in [6.07, 6.45) is 9.36. The Balaban J connectivity index is 1.61. The molecule has 0 unspecified atom stereocenters. The Morgan fingerprint density at radius 1 is 1.12 bits per heavy atom. The first-order chi connectivity index (χ1) is 15.6. The number of hydrogen-bond acceptors (Lipinski definition) is 4. The zero-order chi connectivity index (χ0) is 24.0. The predicted molar refractivity (Wildman–Crippen MR) is 125 cm³/mol. The maximum Gasteiger partial charge on any atom is 0.303 e. The average molecular weight is 460 g/mol. The molecule has 4 fully saturated rings. The molecule has 1 N–H and O–H groups in total. The van der Waals surface area contributed by atoms with Gasteiger partial charge in [0.2, 0.25) is 0 Å². The summed E-state index contributed by atoms with van der Waals surface area (Å²) in [6.45, 7) is 8.67. The number of nitrogens with zero attached hydrogens (tertiary/aromatic N) is 3. The monoisotopic (exact) mass is 459 g/mol. The minimum Gasteiger partial charge on any atom is -0.481 e. The molecule has 7 nitrogen and oxygen atoms in total. The highest BCUT2D eigenvalue weighted by atomic mass is 16.5. The van der Waals surface area contributed by atoms with E-state index in [1.54, 1.807) is 0 Å². The fourth-order valence-electron chi connectivity index (χ4n) is 9.22. The van der Waals surface area contributed by atoms with Crippen molar-refractivity contribution in [3.8, 4) is 0 Å². The SMILES string of the molecule is CC(=O)O[C@@H]1C[C@@H]2C[C@@H](N=[N+]=[N-])CC[C@]2(C)[C@H]2CC[C@]3(C)[C@@H]([C@H](C)CCC(=O)O)CC[C@H]3[C@H]12. The molecule has 4 aliphatic rings. The number of carboxylic acid groups (broad SMARTS) is 1. The molecular weight excluding hydrogens is 418 g/mol. The predicted octanol–water partition coefficient (Wildman–Crippen LogP) is 6.37. The lowest BCUT2D eigenvalue weighted by Gasteiger charge is -2.62. The van der Waals surface area contributed by atoms with Crippen molar-refractivity contribution in [2.24, 2.45) is 51.5 Å². The van der Waals surface area contributed by atoms with Gasteiger partial charge in [0.05, 0.1) is 0 Å². The summed E-state index contributed by atoms with van der Waals surface area (Å²) in [6, 6.07) is 0.0578. The summed E-state index contributed by atoms with van der Waals surface area (Å²) < 4.78 is 6.06. The third kappa shape index (κ3) is 4.26. The minimum absolute atomic E-state index is 0.0578. The van der Waals surface area contributed by atoms with Gasteiger partial charge < -0.3 is 9.84 Å². The Bertz CT molecular complexity index is 826. The fraction of sp³-hybridized carbons (Fsp3) is 0.923. The van der Waals surface area contributed by atoms with Crippen molar-refractivity contribution in [2.75, 3.05) is 0 Å². The molecule has 0 aromatic rings. The van der Waals surface area contributed by atoms with E-state index in [2.05, 4.69) is 30.8 Å². The van der Waals surface area contributed by atoms with E-state index in [1.807, 2.05) is 0 Å². The quantitative estimate of drug-likeness (QED) is 0.215. The lowest BCUT2D eigenvalue weighted by atomic mass is 9.43. The summed E-state index contributed by atoms with van der Waals surface area (Å²) in [7, 11) is 0. The molecular formula is C26H41N3O4. The van der Waals surface area contributed by atoms with Gasteiger partial charge in [0.1, 0.15) is 6.10 Å². The number of aliphatic carboxylic acids is 1. The van der Waals surface area contributed by atoms with Crippen LogP contribution in [0.1, 0.15) is 91.9 Å². The Labute approximate surface area is 197 Å². The van der Waals surface area contributed by atoms with Crippen LogP contribution in [-0.2, 0) is 14.3 Å². The van der Waals surface area contributed by atoms with Gasteiger partial charge in [-0.25, -0.2) is 0 Å². The molecule has 33 heavy (non-hydrogen) atoms. The van der Waals surface area contributed by atoms with E-state index >= 15 is 0 Å². The van der Waals surface area contributed by atoms with E-state index in [9.17, 15) is 14.7 Å². The summed E-state index contributed by atoms with van der Waals surface area (Å²) in [5.74, 6) is 1.87. The van der Waals surface area contributed by atoms with E-state index in [0.717, 1.165) is 51.4 Å². The number of esters is 1. The Kier molecular flexibility index (Phi) is 6.74. The molecule has 4 rings (SSSR count). The van der Waals surface area contributed by atoms with Gasteiger partial charge in [0.15, 0.2) is 0 Å². The number of hydrogen-bond donors (Lipinski definition) is 1. The number of ether oxygens (including phenoxy) is 1. The van der Waals surface area contributed by atoms with Gasteiger partial charge in [-0.3, -0.25) is 9.59 Å². The van der Waals surface area contributed by atoms with Crippen LogP contribution in [0.2, 0.25) is 0 Å². The highest BCUT2D eigenvalue weighted by Crippen LogP contribution is 2.68. The van der Waals surface area contributed by atoms with Crippen LogP contribution in [-0.4, -0.2) is 29.2 Å². The van der Waals surface area contributed by atoms with Gasteiger partial charge in [-0.15, -0.1) is 0 Å². The third-order valence-corrected chi connectivity index (χ3v) is 10.7. The molecule has 0 aromatic heterocycles. The van der Waals surface area contributed by atoms with Gasteiger partial charge in [-0.05, 0) is 104 Å². The number of carbonyl (C=O) groups excluding carboxylic acids is 1. The lowest BCUT2D eigenvalue weighted by molar-refractivity contribution is -0.189. The first-order valence-electron chi connectivity index (χ1n) is 13.0. The maximum absolute atomic E-state index is 12.1. The standard InChI is InChI=1S/C26H41N3O4/c1-15(5-8-23(31)32)19-6-7-20-24-21(10-12-26(19,20)4)25(3)11-9-18(28-29-27)13-17(25)14-22(24)33-16(2)30/h15,17-22,24H,5-14H2,1-4H3,(H,31,32)/t15-,17+,18+,19-,20+,21+,22-,24+,25+,26-/m1/s1. The molecule has 7 heteroatoms. The molecule has 184 valence electrons. The van der Waals surface area contributed by atoms with Crippen molar-refractivity contribution in [1.29, 1.82) is 0 Å². The maximum atomic E-state index is 12.1. The van der Waals surface area contributed by atoms with Gasteiger partial charge in [-0.1, -0.05) is 25.9 Å². The average Bonchev–Trinajstić information content (AvgIpc) is 3.10. The largest absolute Gasteiger partial charge is 0.481 e. The normalized spacial score (nSPS) is 45.0. The van der Waals surface area contributed by atoms with Crippen molar-refractivity contribution in [3.05, 3.63) is 10.4 Å². The van der Waals surface area contributed by atoms with Gasteiger partial charge in [0, 0.05) is 30.2 Å². The number of rotatable bonds is 6. The van der Waals surface area contributed by atoms with Crippen LogP contribution >= 0.6 is 0 Å². The molecule has 0 aliphatic heterocycles. The smallest absolute Gasteiger partial charge is 0.303 e. The molecule has 4 saturated carbocycles. The molecule has 0 bridgehead atoms. The molecule has 0 spiro atoms. The van der Waals surface area contributed by atoms with Gasteiger partial charge >= 0.3 is 11.9 Å². The second-order valence-electron chi connectivity index (χ2n) is 12.1. The second-order valence-corrected chi connectivity index (χ2v) is 12.1. The summed E-state index contributed by atoms with van der Waals surface area (Å²) in [5.41, 5.74) is 9.35. The Morgan fingerprint density at radius 2 is 1.82 bits per heavy atom. The summed E-state index contributed by atoms with van der Waals surface area (Å²) in [4.78, 5) is 26.4.